The maximum absolute atomic E-state index is 11.8. The number of carboxylic acids is 1. The van der Waals surface area contributed by atoms with Crippen LogP contribution in [0.2, 0.25) is 0 Å². The number of nitrogens with zero attached hydrogens (tertiary/aromatic N) is 3. The summed E-state index contributed by atoms with van der Waals surface area (Å²) in [6, 6.07) is 5.83. The van der Waals surface area contributed by atoms with Crippen LogP contribution in [0.15, 0.2) is 30.6 Å². The molecular formula is C15H15N3O3. The zero-order chi connectivity index (χ0) is 14.8. The summed E-state index contributed by atoms with van der Waals surface area (Å²) in [5.74, 6) is -1.55. The molecule has 2 aromatic rings. The van der Waals surface area contributed by atoms with Crippen molar-refractivity contribution in [1.29, 1.82) is 0 Å². The van der Waals surface area contributed by atoms with Gasteiger partial charge in [0, 0.05) is 31.9 Å². The predicted octanol–water partition coefficient (Wildman–Crippen LogP) is 1.11. The van der Waals surface area contributed by atoms with Gasteiger partial charge in [-0.05, 0) is 24.1 Å². The molecule has 0 radical (unpaired) electrons. The van der Waals surface area contributed by atoms with Crippen molar-refractivity contribution in [2.45, 2.75) is 12.8 Å². The van der Waals surface area contributed by atoms with Gasteiger partial charge in [-0.3, -0.25) is 19.6 Å². The minimum atomic E-state index is -0.896. The summed E-state index contributed by atoms with van der Waals surface area (Å²) in [5.41, 5.74) is 2.73. The Balaban J connectivity index is 1.66. The van der Waals surface area contributed by atoms with Crippen LogP contribution in [-0.2, 0) is 16.0 Å². The molecule has 21 heavy (non-hydrogen) atoms. The van der Waals surface area contributed by atoms with Gasteiger partial charge in [0.25, 0.3) is 0 Å². The highest BCUT2D eigenvalue weighted by Crippen LogP contribution is 2.19. The summed E-state index contributed by atoms with van der Waals surface area (Å²) < 4.78 is 0. The molecule has 1 atom stereocenters. The summed E-state index contributed by atoms with van der Waals surface area (Å²) >= 11 is 0. The zero-order valence-corrected chi connectivity index (χ0v) is 11.4. The minimum absolute atomic E-state index is 0.0806. The molecule has 1 aromatic carbocycles. The monoisotopic (exact) mass is 285 g/mol. The van der Waals surface area contributed by atoms with Crippen molar-refractivity contribution in [2.24, 2.45) is 5.92 Å². The van der Waals surface area contributed by atoms with E-state index >= 15 is 0 Å². The number of carboxylic acid groups (broad SMARTS) is 1. The fourth-order valence-corrected chi connectivity index (χ4v) is 2.58. The first-order valence-corrected chi connectivity index (χ1v) is 6.84. The van der Waals surface area contributed by atoms with E-state index in [1.54, 1.807) is 17.3 Å². The first kappa shape index (κ1) is 13.5. The van der Waals surface area contributed by atoms with E-state index < -0.39 is 11.9 Å². The Morgan fingerprint density at radius 3 is 2.76 bits per heavy atom. The maximum Gasteiger partial charge on any atom is 0.308 e. The van der Waals surface area contributed by atoms with Crippen LogP contribution in [-0.4, -0.2) is 44.9 Å². The van der Waals surface area contributed by atoms with Crippen molar-refractivity contribution in [3.8, 4) is 0 Å². The van der Waals surface area contributed by atoms with Gasteiger partial charge in [0.2, 0.25) is 5.91 Å². The molecule has 1 aliphatic rings. The molecule has 1 N–H and O–H groups in total. The summed E-state index contributed by atoms with van der Waals surface area (Å²) in [6.45, 7) is 0.843. The topological polar surface area (TPSA) is 83.4 Å². The highest BCUT2D eigenvalue weighted by molar-refractivity contribution is 5.86. The maximum atomic E-state index is 11.8. The molecule has 108 valence electrons. The Morgan fingerprint density at radius 2 is 2.05 bits per heavy atom. The fraction of sp³-hybridized carbons (Fsp3) is 0.333. The summed E-state index contributed by atoms with van der Waals surface area (Å²) in [5, 5.41) is 8.96. The van der Waals surface area contributed by atoms with E-state index in [1.807, 2.05) is 18.2 Å². The molecule has 1 unspecified atom stereocenters. The Labute approximate surface area is 121 Å². The van der Waals surface area contributed by atoms with E-state index in [0.29, 0.717) is 19.5 Å². The van der Waals surface area contributed by atoms with Gasteiger partial charge in [-0.25, -0.2) is 0 Å². The molecule has 3 rings (SSSR count). The Hall–Kier alpha value is -2.50. The third-order valence-corrected chi connectivity index (χ3v) is 3.77. The van der Waals surface area contributed by atoms with Gasteiger partial charge in [-0.1, -0.05) is 6.07 Å². The lowest BCUT2D eigenvalue weighted by atomic mass is 10.1. The number of carbonyl (C=O) groups is 2. The normalized spacial score (nSPS) is 18.4. The van der Waals surface area contributed by atoms with Gasteiger partial charge >= 0.3 is 5.97 Å². The summed E-state index contributed by atoms with van der Waals surface area (Å²) in [4.78, 5) is 32.8. The Kier molecular flexibility index (Phi) is 3.51. The molecule has 6 nitrogen and oxygen atoms in total. The predicted molar refractivity (Wildman–Crippen MR) is 75.6 cm³/mol. The number of fused-ring (bicyclic) bond motifs is 1. The van der Waals surface area contributed by atoms with Crippen LogP contribution in [0.3, 0.4) is 0 Å². The van der Waals surface area contributed by atoms with Gasteiger partial charge in [0.05, 0.1) is 17.0 Å². The quantitative estimate of drug-likeness (QED) is 0.909. The van der Waals surface area contributed by atoms with Crippen LogP contribution in [0.4, 0.5) is 0 Å². The molecular weight excluding hydrogens is 270 g/mol. The average Bonchev–Trinajstić information content (AvgIpc) is 2.86. The van der Waals surface area contributed by atoms with Gasteiger partial charge in [-0.2, -0.15) is 0 Å². The Morgan fingerprint density at radius 1 is 1.29 bits per heavy atom. The van der Waals surface area contributed by atoms with Gasteiger partial charge in [-0.15, -0.1) is 0 Å². The van der Waals surface area contributed by atoms with Crippen molar-refractivity contribution in [2.75, 3.05) is 13.1 Å². The van der Waals surface area contributed by atoms with Crippen molar-refractivity contribution in [1.82, 2.24) is 14.9 Å². The standard InChI is InChI=1S/C15H15N3O3/c19-14-8-11(15(20)21)9-18(14)6-3-10-1-2-12-13(7-10)17-5-4-16-12/h1-2,4-5,7,11H,3,6,8-9H2,(H,20,21). The van der Waals surface area contributed by atoms with Gasteiger partial charge in [0.15, 0.2) is 0 Å². The molecule has 1 saturated heterocycles. The minimum Gasteiger partial charge on any atom is -0.481 e. The molecule has 1 amide bonds. The number of amides is 1. The Bertz CT molecular complexity index is 701. The highest BCUT2D eigenvalue weighted by atomic mass is 16.4. The number of carbonyl (C=O) groups excluding carboxylic acids is 1. The molecule has 0 spiro atoms. The number of aliphatic carboxylic acids is 1. The molecule has 1 aliphatic heterocycles. The number of hydrogen-bond acceptors (Lipinski definition) is 4. The van der Waals surface area contributed by atoms with Gasteiger partial charge in [0.1, 0.15) is 0 Å². The summed E-state index contributed by atoms with van der Waals surface area (Å²) in [6.07, 6.45) is 4.09. The van der Waals surface area contributed by atoms with Crippen LogP contribution in [0, 0.1) is 5.92 Å². The SMILES string of the molecule is O=C(O)C1CC(=O)N(CCc2ccc3nccnc3c2)C1. The largest absolute Gasteiger partial charge is 0.481 e. The third-order valence-electron chi connectivity index (χ3n) is 3.77. The van der Waals surface area contributed by atoms with Crippen molar-refractivity contribution < 1.29 is 14.7 Å². The molecule has 0 aliphatic carbocycles. The van der Waals surface area contributed by atoms with Crippen LogP contribution in [0.1, 0.15) is 12.0 Å². The molecule has 1 aromatic heterocycles. The second kappa shape index (κ2) is 5.47. The molecule has 1 fully saturated rings. The molecule has 0 saturated carbocycles. The number of likely N-dealkylation sites (tertiary alicyclic amines) is 1. The number of hydrogen-bond donors (Lipinski definition) is 1. The van der Waals surface area contributed by atoms with Crippen molar-refractivity contribution in [3.63, 3.8) is 0 Å². The second-order valence-corrected chi connectivity index (χ2v) is 5.21. The smallest absolute Gasteiger partial charge is 0.308 e. The fourth-order valence-electron chi connectivity index (χ4n) is 2.58. The number of aromatic nitrogens is 2. The molecule has 2 heterocycles. The first-order chi connectivity index (χ1) is 10.1. The van der Waals surface area contributed by atoms with Crippen LogP contribution in [0.5, 0.6) is 0 Å². The van der Waals surface area contributed by atoms with E-state index in [1.165, 1.54) is 0 Å². The third kappa shape index (κ3) is 2.84. The highest BCUT2D eigenvalue weighted by Gasteiger charge is 2.33. The first-order valence-electron chi connectivity index (χ1n) is 6.84. The van der Waals surface area contributed by atoms with E-state index in [9.17, 15) is 9.59 Å². The van der Waals surface area contributed by atoms with E-state index in [-0.39, 0.29) is 12.3 Å². The van der Waals surface area contributed by atoms with Crippen molar-refractivity contribution >= 4 is 22.9 Å². The number of rotatable bonds is 4. The zero-order valence-electron chi connectivity index (χ0n) is 11.4. The van der Waals surface area contributed by atoms with Crippen LogP contribution < -0.4 is 0 Å². The van der Waals surface area contributed by atoms with Gasteiger partial charge < -0.3 is 10.0 Å². The van der Waals surface area contributed by atoms with Crippen LogP contribution in [0.25, 0.3) is 11.0 Å². The van der Waals surface area contributed by atoms with E-state index in [0.717, 1.165) is 16.6 Å². The average molecular weight is 285 g/mol. The van der Waals surface area contributed by atoms with E-state index in [2.05, 4.69) is 9.97 Å². The molecule has 6 heteroatoms. The lowest BCUT2D eigenvalue weighted by Crippen LogP contribution is -2.28. The second-order valence-electron chi connectivity index (χ2n) is 5.21. The van der Waals surface area contributed by atoms with E-state index in [4.69, 9.17) is 5.11 Å². The van der Waals surface area contributed by atoms with Crippen LogP contribution >= 0.6 is 0 Å². The summed E-state index contributed by atoms with van der Waals surface area (Å²) in [7, 11) is 0. The lowest BCUT2D eigenvalue weighted by Gasteiger charge is -2.15. The van der Waals surface area contributed by atoms with Crippen molar-refractivity contribution in [3.05, 3.63) is 36.2 Å². The lowest BCUT2D eigenvalue weighted by molar-refractivity contribution is -0.141. The number of benzene rings is 1. The molecule has 0 bridgehead atoms.